The molecule has 0 saturated carbocycles. The van der Waals surface area contributed by atoms with Gasteiger partial charge in [-0.3, -0.25) is 4.79 Å². The quantitative estimate of drug-likeness (QED) is 0.786. The number of primary amides is 1. The van der Waals surface area contributed by atoms with Crippen molar-refractivity contribution in [1.82, 2.24) is 0 Å². The number of aryl methyl sites for hydroxylation is 1. The molecule has 2 aromatic rings. The van der Waals surface area contributed by atoms with Crippen molar-refractivity contribution in [3.63, 3.8) is 0 Å². The average molecular weight is 256 g/mol. The van der Waals surface area contributed by atoms with E-state index in [1.807, 2.05) is 31.2 Å². The highest BCUT2D eigenvalue weighted by Gasteiger charge is 2.17. The summed E-state index contributed by atoms with van der Waals surface area (Å²) in [7, 11) is 0. The molecule has 4 N–H and O–H groups in total. The maximum absolute atomic E-state index is 11.6. The fourth-order valence-electron chi connectivity index (χ4n) is 1.92. The van der Waals surface area contributed by atoms with Crippen molar-refractivity contribution >= 4 is 11.6 Å². The van der Waals surface area contributed by atoms with Gasteiger partial charge in [0.05, 0.1) is 0 Å². The molecular formula is C15H16N2O2. The fourth-order valence-corrected chi connectivity index (χ4v) is 1.92. The molecule has 0 heterocycles. The Kier molecular flexibility index (Phi) is 3.71. The number of nitrogens with one attached hydrogen (secondary N) is 1. The Morgan fingerprint density at radius 2 is 1.95 bits per heavy atom. The molecule has 1 unspecified atom stereocenters. The van der Waals surface area contributed by atoms with Crippen LogP contribution >= 0.6 is 0 Å². The van der Waals surface area contributed by atoms with E-state index < -0.39 is 11.9 Å². The third kappa shape index (κ3) is 3.25. The van der Waals surface area contributed by atoms with Crippen LogP contribution in [0.4, 0.5) is 5.69 Å². The van der Waals surface area contributed by atoms with Crippen LogP contribution in [0.2, 0.25) is 0 Å². The van der Waals surface area contributed by atoms with E-state index in [2.05, 4.69) is 5.32 Å². The Hall–Kier alpha value is -2.49. The minimum atomic E-state index is -0.672. The number of carbonyl (C=O) groups is 1. The van der Waals surface area contributed by atoms with Gasteiger partial charge in [-0.25, -0.2) is 0 Å². The van der Waals surface area contributed by atoms with Crippen LogP contribution in [0.3, 0.4) is 0 Å². The number of nitrogens with two attached hydrogens (primary N) is 1. The maximum Gasteiger partial charge on any atom is 0.244 e. The summed E-state index contributed by atoms with van der Waals surface area (Å²) in [4.78, 5) is 11.6. The van der Waals surface area contributed by atoms with E-state index in [0.717, 1.165) is 11.3 Å². The highest BCUT2D eigenvalue weighted by Crippen LogP contribution is 2.22. The summed E-state index contributed by atoms with van der Waals surface area (Å²) in [5.74, 6) is -0.387. The first-order valence-electron chi connectivity index (χ1n) is 5.98. The molecule has 2 rings (SSSR count). The van der Waals surface area contributed by atoms with Gasteiger partial charge in [-0.2, -0.15) is 0 Å². The van der Waals surface area contributed by atoms with E-state index in [0.29, 0.717) is 5.56 Å². The Morgan fingerprint density at radius 3 is 2.58 bits per heavy atom. The Labute approximate surface area is 111 Å². The van der Waals surface area contributed by atoms with Gasteiger partial charge in [0.2, 0.25) is 5.91 Å². The summed E-state index contributed by atoms with van der Waals surface area (Å²) in [6, 6.07) is 13.5. The van der Waals surface area contributed by atoms with Crippen LogP contribution in [0.25, 0.3) is 0 Å². The lowest BCUT2D eigenvalue weighted by molar-refractivity contribution is -0.118. The third-order valence-electron chi connectivity index (χ3n) is 2.82. The van der Waals surface area contributed by atoms with Gasteiger partial charge in [-0.05, 0) is 42.3 Å². The predicted octanol–water partition coefficient (Wildman–Crippen LogP) is 2.34. The molecule has 0 aliphatic rings. The molecule has 1 atom stereocenters. The van der Waals surface area contributed by atoms with Crippen molar-refractivity contribution in [3.8, 4) is 5.75 Å². The first kappa shape index (κ1) is 13.0. The van der Waals surface area contributed by atoms with Crippen LogP contribution < -0.4 is 11.1 Å². The van der Waals surface area contributed by atoms with Gasteiger partial charge in [0, 0.05) is 5.69 Å². The van der Waals surface area contributed by atoms with Crippen LogP contribution in [0.15, 0.2) is 48.5 Å². The number of benzene rings is 2. The molecule has 0 aromatic heterocycles. The Balaban J connectivity index is 2.29. The molecule has 98 valence electrons. The molecular weight excluding hydrogens is 240 g/mol. The van der Waals surface area contributed by atoms with Crippen molar-refractivity contribution < 1.29 is 9.90 Å². The summed E-state index contributed by atoms with van der Waals surface area (Å²) in [6.45, 7) is 1.97. The molecule has 1 amide bonds. The van der Waals surface area contributed by atoms with Gasteiger partial charge in [0.25, 0.3) is 0 Å². The minimum Gasteiger partial charge on any atom is -0.508 e. The molecule has 2 aromatic carbocycles. The topological polar surface area (TPSA) is 75.3 Å². The maximum atomic E-state index is 11.6. The number of hydrogen-bond acceptors (Lipinski definition) is 3. The monoisotopic (exact) mass is 256 g/mol. The molecule has 0 bridgehead atoms. The standard InChI is InChI=1S/C15H16N2O2/c1-10-4-2-6-12(8-10)17-14(15(16)19)11-5-3-7-13(18)9-11/h2-9,14,17-18H,1H3,(H2,16,19). The molecule has 0 fully saturated rings. The zero-order valence-electron chi connectivity index (χ0n) is 10.6. The number of phenolic OH excluding ortho intramolecular Hbond substituents is 1. The first-order chi connectivity index (χ1) is 9.06. The van der Waals surface area contributed by atoms with Gasteiger partial charge >= 0.3 is 0 Å². The first-order valence-corrected chi connectivity index (χ1v) is 5.98. The van der Waals surface area contributed by atoms with Gasteiger partial charge < -0.3 is 16.2 Å². The van der Waals surface area contributed by atoms with E-state index >= 15 is 0 Å². The lowest BCUT2D eigenvalue weighted by atomic mass is 10.1. The predicted molar refractivity (Wildman–Crippen MR) is 74.8 cm³/mol. The van der Waals surface area contributed by atoms with Gasteiger partial charge in [-0.1, -0.05) is 24.3 Å². The summed E-state index contributed by atoms with van der Waals surface area (Å²) in [6.07, 6.45) is 0. The Bertz CT molecular complexity index is 596. The zero-order valence-corrected chi connectivity index (χ0v) is 10.6. The fraction of sp³-hybridized carbons (Fsp3) is 0.133. The smallest absolute Gasteiger partial charge is 0.244 e. The molecule has 0 saturated heterocycles. The van der Waals surface area contributed by atoms with E-state index in [4.69, 9.17) is 5.73 Å². The number of rotatable bonds is 4. The molecule has 19 heavy (non-hydrogen) atoms. The summed E-state index contributed by atoms with van der Waals surface area (Å²) in [5.41, 5.74) is 7.95. The number of amides is 1. The second-order valence-electron chi connectivity index (χ2n) is 4.44. The van der Waals surface area contributed by atoms with Crippen LogP contribution in [0.5, 0.6) is 5.75 Å². The van der Waals surface area contributed by atoms with Crippen LogP contribution in [0, 0.1) is 6.92 Å². The van der Waals surface area contributed by atoms with E-state index in [1.54, 1.807) is 18.2 Å². The van der Waals surface area contributed by atoms with E-state index in [9.17, 15) is 9.90 Å². The molecule has 4 heteroatoms. The van der Waals surface area contributed by atoms with Crippen molar-refractivity contribution in [2.24, 2.45) is 5.73 Å². The lowest BCUT2D eigenvalue weighted by Crippen LogP contribution is -2.27. The zero-order chi connectivity index (χ0) is 13.8. The number of carbonyl (C=O) groups excluding carboxylic acids is 1. The van der Waals surface area contributed by atoms with Gasteiger partial charge in [-0.15, -0.1) is 0 Å². The second kappa shape index (κ2) is 5.44. The van der Waals surface area contributed by atoms with Crippen molar-refractivity contribution in [2.45, 2.75) is 13.0 Å². The van der Waals surface area contributed by atoms with Crippen LogP contribution in [0.1, 0.15) is 17.2 Å². The minimum absolute atomic E-state index is 0.106. The normalized spacial score (nSPS) is 11.8. The van der Waals surface area contributed by atoms with E-state index in [1.165, 1.54) is 6.07 Å². The highest BCUT2D eigenvalue weighted by molar-refractivity contribution is 5.84. The number of phenols is 1. The summed E-state index contributed by atoms with van der Waals surface area (Å²) < 4.78 is 0. The van der Waals surface area contributed by atoms with Crippen molar-refractivity contribution in [2.75, 3.05) is 5.32 Å². The van der Waals surface area contributed by atoms with E-state index in [-0.39, 0.29) is 5.75 Å². The molecule has 0 radical (unpaired) electrons. The Morgan fingerprint density at radius 1 is 1.21 bits per heavy atom. The highest BCUT2D eigenvalue weighted by atomic mass is 16.3. The summed E-state index contributed by atoms with van der Waals surface area (Å²) >= 11 is 0. The number of hydrogen-bond donors (Lipinski definition) is 3. The average Bonchev–Trinajstić information content (AvgIpc) is 2.35. The van der Waals surface area contributed by atoms with Crippen LogP contribution in [-0.4, -0.2) is 11.0 Å². The van der Waals surface area contributed by atoms with Crippen molar-refractivity contribution in [1.29, 1.82) is 0 Å². The lowest BCUT2D eigenvalue weighted by Gasteiger charge is -2.17. The molecule has 0 aliphatic carbocycles. The van der Waals surface area contributed by atoms with Gasteiger partial charge in [0.15, 0.2) is 0 Å². The third-order valence-corrected chi connectivity index (χ3v) is 2.82. The van der Waals surface area contributed by atoms with Gasteiger partial charge in [0.1, 0.15) is 11.8 Å². The molecule has 0 spiro atoms. The second-order valence-corrected chi connectivity index (χ2v) is 4.44. The SMILES string of the molecule is Cc1cccc(NC(C(N)=O)c2cccc(O)c2)c1. The largest absolute Gasteiger partial charge is 0.508 e. The van der Waals surface area contributed by atoms with Crippen LogP contribution in [-0.2, 0) is 4.79 Å². The molecule has 4 nitrogen and oxygen atoms in total. The summed E-state index contributed by atoms with van der Waals surface area (Å²) in [5, 5.41) is 12.6. The van der Waals surface area contributed by atoms with Crippen molar-refractivity contribution in [3.05, 3.63) is 59.7 Å². The molecule has 0 aliphatic heterocycles. The number of aromatic hydroxyl groups is 1. The number of anilines is 1.